The molecule has 0 radical (unpaired) electrons. The van der Waals surface area contributed by atoms with Crippen LogP contribution in [-0.2, 0) is 4.79 Å². The molecule has 4 rings (SSSR count). The fraction of sp³-hybridized carbons (Fsp3) is 0.452. The zero-order valence-electron chi connectivity index (χ0n) is 24.5. The maximum Gasteiger partial charge on any atom is 0.255 e. The first kappa shape index (κ1) is 29.5. The summed E-state index contributed by atoms with van der Waals surface area (Å²) in [5, 5.41) is 11.9. The molecule has 0 spiro atoms. The Bertz CT molecular complexity index is 1370. The van der Waals surface area contributed by atoms with Crippen molar-refractivity contribution in [3.8, 4) is 11.5 Å². The molecular weight excluding hydrogens is 522 g/mol. The third-order valence-electron chi connectivity index (χ3n) is 7.04. The lowest BCUT2D eigenvalue weighted by molar-refractivity contribution is -0.113. The van der Waals surface area contributed by atoms with Crippen LogP contribution in [0.4, 0.5) is 11.6 Å². The number of aromatic nitrogens is 3. The summed E-state index contributed by atoms with van der Waals surface area (Å²) in [4.78, 5) is 18.6. The molecule has 0 aliphatic carbocycles. The molecule has 8 nitrogen and oxygen atoms in total. The number of unbranched alkanes of at least 4 members (excludes halogenated alkanes) is 3. The minimum absolute atomic E-state index is 0.191. The Morgan fingerprint density at radius 1 is 1.05 bits per heavy atom. The zero-order chi connectivity index (χ0) is 28.6. The molecular formula is C31H41N5O3S. The number of carbonyl (C=O) groups is 1. The van der Waals surface area contributed by atoms with Crippen LogP contribution in [0.5, 0.6) is 11.5 Å². The molecule has 214 valence electrons. The van der Waals surface area contributed by atoms with Crippen LogP contribution in [0, 0.1) is 13.8 Å². The van der Waals surface area contributed by atoms with Crippen molar-refractivity contribution in [2.45, 2.75) is 78.4 Å². The van der Waals surface area contributed by atoms with Crippen molar-refractivity contribution in [2.24, 2.45) is 0 Å². The maximum absolute atomic E-state index is 13.9. The molecule has 2 heterocycles. The number of benzene rings is 2. The predicted molar refractivity (Wildman–Crippen MR) is 163 cm³/mol. The van der Waals surface area contributed by atoms with Gasteiger partial charge in [0.15, 0.2) is 11.5 Å². The quantitative estimate of drug-likeness (QED) is 0.167. The molecule has 0 saturated heterocycles. The van der Waals surface area contributed by atoms with Crippen LogP contribution < -0.4 is 20.1 Å². The first-order chi connectivity index (χ1) is 19.4. The average Bonchev–Trinajstić information content (AvgIpc) is 3.33. The number of carbonyl (C=O) groups excluding carboxylic acids is 1. The van der Waals surface area contributed by atoms with Gasteiger partial charge in [-0.2, -0.15) is 4.98 Å². The molecule has 1 aliphatic rings. The Balaban J connectivity index is 1.73. The summed E-state index contributed by atoms with van der Waals surface area (Å²) in [5.74, 6) is 2.63. The normalized spacial score (nSPS) is 14.5. The van der Waals surface area contributed by atoms with Gasteiger partial charge in [0, 0.05) is 11.4 Å². The Morgan fingerprint density at radius 2 is 1.88 bits per heavy atom. The predicted octanol–water partition coefficient (Wildman–Crippen LogP) is 7.29. The monoisotopic (exact) mass is 563 g/mol. The van der Waals surface area contributed by atoms with Crippen molar-refractivity contribution in [1.82, 2.24) is 14.8 Å². The van der Waals surface area contributed by atoms with Crippen LogP contribution in [-0.4, -0.2) is 39.6 Å². The third-order valence-corrected chi connectivity index (χ3v) is 7.76. The van der Waals surface area contributed by atoms with E-state index in [1.807, 2.05) is 64.1 Å². The minimum Gasteiger partial charge on any atom is -0.490 e. The number of amides is 1. The highest BCUT2D eigenvalue weighted by Crippen LogP contribution is 2.40. The first-order valence-corrected chi connectivity index (χ1v) is 15.2. The highest BCUT2D eigenvalue weighted by Gasteiger charge is 2.35. The maximum atomic E-state index is 13.9. The fourth-order valence-corrected chi connectivity index (χ4v) is 5.35. The van der Waals surface area contributed by atoms with Crippen molar-refractivity contribution >= 4 is 29.3 Å². The van der Waals surface area contributed by atoms with E-state index >= 15 is 0 Å². The SMILES string of the molecule is CCCCCCOc1ccc(C2C(C(=O)Nc3cccc(C)c3C)=C(C)Nc3nc(SCC)nn32)cc1OCC. The average molecular weight is 564 g/mol. The number of rotatable bonds is 13. The van der Waals surface area contributed by atoms with Crippen LogP contribution in [0.3, 0.4) is 0 Å². The zero-order valence-corrected chi connectivity index (χ0v) is 25.3. The lowest BCUT2D eigenvalue weighted by atomic mass is 9.94. The highest BCUT2D eigenvalue weighted by molar-refractivity contribution is 7.99. The van der Waals surface area contributed by atoms with Gasteiger partial charge in [-0.1, -0.05) is 63.1 Å². The second-order valence-electron chi connectivity index (χ2n) is 9.91. The summed E-state index contributed by atoms with van der Waals surface area (Å²) in [6.07, 6.45) is 4.53. The van der Waals surface area contributed by atoms with Crippen molar-refractivity contribution in [2.75, 3.05) is 29.6 Å². The Labute approximate surface area is 241 Å². The van der Waals surface area contributed by atoms with Crippen molar-refractivity contribution in [3.63, 3.8) is 0 Å². The van der Waals surface area contributed by atoms with Gasteiger partial charge in [-0.25, -0.2) is 4.68 Å². The number of thioether (sulfide) groups is 1. The van der Waals surface area contributed by atoms with Gasteiger partial charge in [0.2, 0.25) is 11.1 Å². The summed E-state index contributed by atoms with van der Waals surface area (Å²) in [6.45, 7) is 13.3. The summed E-state index contributed by atoms with van der Waals surface area (Å²) in [6, 6.07) is 11.3. The van der Waals surface area contributed by atoms with E-state index in [2.05, 4.69) is 24.5 Å². The van der Waals surface area contributed by atoms with Crippen molar-refractivity contribution in [3.05, 3.63) is 64.4 Å². The van der Waals surface area contributed by atoms with Gasteiger partial charge in [-0.3, -0.25) is 4.79 Å². The Hall–Kier alpha value is -3.46. The highest BCUT2D eigenvalue weighted by atomic mass is 32.2. The van der Waals surface area contributed by atoms with E-state index in [4.69, 9.17) is 19.6 Å². The van der Waals surface area contributed by atoms with Gasteiger partial charge in [0.25, 0.3) is 5.91 Å². The van der Waals surface area contributed by atoms with Crippen LogP contribution in [0.25, 0.3) is 0 Å². The molecule has 1 amide bonds. The lowest BCUT2D eigenvalue weighted by Gasteiger charge is -2.29. The lowest BCUT2D eigenvalue weighted by Crippen LogP contribution is -2.31. The fourth-order valence-electron chi connectivity index (χ4n) is 4.79. The minimum atomic E-state index is -0.502. The van der Waals surface area contributed by atoms with Gasteiger partial charge in [0.1, 0.15) is 6.04 Å². The number of nitrogens with zero attached hydrogens (tertiary/aromatic N) is 3. The number of hydrogen-bond donors (Lipinski definition) is 2. The summed E-state index contributed by atoms with van der Waals surface area (Å²) in [5.41, 5.74) is 5.12. The molecule has 1 aromatic heterocycles. The third kappa shape index (κ3) is 6.63. The topological polar surface area (TPSA) is 90.3 Å². The second-order valence-corrected chi connectivity index (χ2v) is 11.1. The number of anilines is 2. The van der Waals surface area contributed by atoms with E-state index < -0.39 is 6.04 Å². The van der Waals surface area contributed by atoms with E-state index in [0.717, 1.165) is 46.7 Å². The number of fused-ring (bicyclic) bond motifs is 1. The molecule has 40 heavy (non-hydrogen) atoms. The van der Waals surface area contributed by atoms with Gasteiger partial charge in [0.05, 0.1) is 18.8 Å². The number of allylic oxidation sites excluding steroid dienone is 1. The van der Waals surface area contributed by atoms with Crippen molar-refractivity contribution < 1.29 is 14.3 Å². The van der Waals surface area contributed by atoms with E-state index in [1.165, 1.54) is 12.8 Å². The molecule has 2 aromatic carbocycles. The largest absolute Gasteiger partial charge is 0.490 e. The molecule has 1 atom stereocenters. The van der Waals surface area contributed by atoms with E-state index in [1.54, 1.807) is 16.4 Å². The molecule has 1 unspecified atom stereocenters. The second kappa shape index (κ2) is 13.7. The number of nitrogens with one attached hydrogen (secondary N) is 2. The molecule has 3 aromatic rings. The summed E-state index contributed by atoms with van der Waals surface area (Å²) < 4.78 is 13.9. The molecule has 9 heteroatoms. The van der Waals surface area contributed by atoms with Crippen LogP contribution in [0.1, 0.15) is 76.1 Å². The molecule has 0 saturated carbocycles. The molecule has 2 N–H and O–H groups in total. The summed E-state index contributed by atoms with van der Waals surface area (Å²) >= 11 is 1.56. The smallest absolute Gasteiger partial charge is 0.255 e. The molecule has 0 fully saturated rings. The standard InChI is InChI=1S/C31H41N5O3S/c1-7-10-11-12-18-39-25-17-16-23(19-26(25)38-8-2)28-27(29(37)33-24-15-13-14-20(4)21(24)5)22(6)32-30-34-31(40-9-3)35-36(28)30/h13-17,19,28H,7-12,18H2,1-6H3,(H,33,37)(H,32,34,35). The number of ether oxygens (including phenoxy) is 2. The van der Waals surface area contributed by atoms with Crippen molar-refractivity contribution in [1.29, 1.82) is 0 Å². The Morgan fingerprint density at radius 3 is 2.62 bits per heavy atom. The van der Waals surface area contributed by atoms with Gasteiger partial charge < -0.3 is 20.1 Å². The molecule has 0 bridgehead atoms. The Kier molecular flexibility index (Phi) is 10.1. The van der Waals surface area contributed by atoms with Crippen LogP contribution >= 0.6 is 11.8 Å². The summed E-state index contributed by atoms with van der Waals surface area (Å²) in [7, 11) is 0. The van der Waals surface area contributed by atoms with Gasteiger partial charge in [-0.05, 0) is 74.8 Å². The van der Waals surface area contributed by atoms with Gasteiger partial charge in [-0.15, -0.1) is 5.10 Å². The number of aryl methyl sites for hydroxylation is 1. The molecule has 1 aliphatic heterocycles. The first-order valence-electron chi connectivity index (χ1n) is 14.2. The van der Waals surface area contributed by atoms with E-state index in [9.17, 15) is 4.79 Å². The van der Waals surface area contributed by atoms with Gasteiger partial charge >= 0.3 is 0 Å². The number of hydrogen-bond acceptors (Lipinski definition) is 7. The van der Waals surface area contributed by atoms with E-state index in [0.29, 0.717) is 41.4 Å². The van der Waals surface area contributed by atoms with Crippen LogP contribution in [0.2, 0.25) is 0 Å². The van der Waals surface area contributed by atoms with E-state index in [-0.39, 0.29) is 5.91 Å². The van der Waals surface area contributed by atoms with Crippen LogP contribution in [0.15, 0.2) is 52.8 Å².